The number of nitrogens with zero attached hydrogens (tertiary/aromatic N) is 1. The predicted octanol–water partition coefficient (Wildman–Crippen LogP) is 3.25. The number of benzene rings is 2. The first-order valence-corrected chi connectivity index (χ1v) is 8.33. The highest BCUT2D eigenvalue weighted by molar-refractivity contribution is 7.98. The van der Waals surface area contributed by atoms with Gasteiger partial charge in [0.1, 0.15) is 5.56 Å². The SMILES string of the molecule is CSc1ccc(NC(=O)c2c(O)n(C(N)=O)c3ccccc23)cc1. The van der Waals surface area contributed by atoms with E-state index >= 15 is 0 Å². The molecular formula is C17H15N3O3S. The molecule has 3 rings (SSSR count). The fraction of sp³-hybridized carbons (Fsp3) is 0.0588. The van der Waals surface area contributed by atoms with Crippen LogP contribution in [0.25, 0.3) is 10.9 Å². The van der Waals surface area contributed by atoms with Gasteiger partial charge in [0.2, 0.25) is 5.88 Å². The molecule has 0 aliphatic carbocycles. The van der Waals surface area contributed by atoms with E-state index in [-0.39, 0.29) is 5.56 Å². The quantitative estimate of drug-likeness (QED) is 0.637. The van der Waals surface area contributed by atoms with E-state index in [1.165, 1.54) is 0 Å². The third-order valence-electron chi connectivity index (χ3n) is 3.65. The number of nitrogens with two attached hydrogens (primary N) is 1. The number of carbonyl (C=O) groups excluding carboxylic acids is 2. The second-order valence-electron chi connectivity index (χ2n) is 5.07. The van der Waals surface area contributed by atoms with Crippen LogP contribution in [0.2, 0.25) is 0 Å². The molecule has 0 aliphatic rings. The lowest BCUT2D eigenvalue weighted by molar-refractivity contribution is 0.102. The standard InChI is InChI=1S/C17H15N3O3S/c1-24-11-8-6-10(7-9-11)19-15(21)14-12-4-2-3-5-13(12)20(16(14)22)17(18)23/h2-9,22H,1H3,(H2,18,23)(H,19,21). The average Bonchev–Trinajstić information content (AvgIpc) is 2.87. The van der Waals surface area contributed by atoms with Crippen LogP contribution in [0.1, 0.15) is 10.4 Å². The second kappa shape index (κ2) is 6.29. The number of fused-ring (bicyclic) bond motifs is 1. The number of primary amides is 1. The van der Waals surface area contributed by atoms with Crippen molar-refractivity contribution in [1.82, 2.24) is 4.57 Å². The Balaban J connectivity index is 2.03. The summed E-state index contributed by atoms with van der Waals surface area (Å²) in [5.41, 5.74) is 6.29. The van der Waals surface area contributed by atoms with Crippen molar-refractivity contribution in [2.24, 2.45) is 5.73 Å². The first kappa shape index (κ1) is 15.9. The lowest BCUT2D eigenvalue weighted by atomic mass is 10.1. The number of hydrogen-bond acceptors (Lipinski definition) is 4. The normalized spacial score (nSPS) is 10.7. The molecule has 122 valence electrons. The molecule has 1 heterocycles. The lowest BCUT2D eigenvalue weighted by Gasteiger charge is -2.06. The van der Waals surface area contributed by atoms with Gasteiger partial charge in [-0.1, -0.05) is 18.2 Å². The van der Waals surface area contributed by atoms with Crippen molar-refractivity contribution < 1.29 is 14.7 Å². The molecule has 0 atom stereocenters. The highest BCUT2D eigenvalue weighted by atomic mass is 32.2. The highest BCUT2D eigenvalue weighted by Gasteiger charge is 2.24. The molecule has 6 nitrogen and oxygen atoms in total. The van der Waals surface area contributed by atoms with E-state index in [4.69, 9.17) is 5.73 Å². The monoisotopic (exact) mass is 341 g/mol. The molecule has 0 fully saturated rings. The number of rotatable bonds is 3. The van der Waals surface area contributed by atoms with E-state index < -0.39 is 17.8 Å². The highest BCUT2D eigenvalue weighted by Crippen LogP contribution is 2.31. The minimum Gasteiger partial charge on any atom is -0.494 e. The Labute approximate surface area is 142 Å². The molecule has 1 aromatic heterocycles. The Bertz CT molecular complexity index is 932. The molecule has 3 aromatic rings. The van der Waals surface area contributed by atoms with Gasteiger partial charge in [0.05, 0.1) is 5.52 Å². The molecule has 7 heteroatoms. The Morgan fingerprint density at radius 2 is 1.79 bits per heavy atom. The van der Waals surface area contributed by atoms with Crippen molar-refractivity contribution in [3.05, 3.63) is 54.1 Å². The van der Waals surface area contributed by atoms with E-state index in [0.717, 1.165) is 9.46 Å². The first-order chi connectivity index (χ1) is 11.5. The van der Waals surface area contributed by atoms with Crippen LogP contribution in [-0.4, -0.2) is 27.9 Å². The van der Waals surface area contributed by atoms with Gasteiger partial charge in [-0.15, -0.1) is 11.8 Å². The van der Waals surface area contributed by atoms with Crippen molar-refractivity contribution in [3.8, 4) is 5.88 Å². The number of aromatic nitrogens is 1. The van der Waals surface area contributed by atoms with Gasteiger partial charge in [-0.25, -0.2) is 9.36 Å². The summed E-state index contributed by atoms with van der Waals surface area (Å²) in [6, 6.07) is 13.1. The number of hydrogen-bond donors (Lipinski definition) is 3. The van der Waals surface area contributed by atoms with Gasteiger partial charge >= 0.3 is 6.03 Å². The second-order valence-corrected chi connectivity index (χ2v) is 5.95. The summed E-state index contributed by atoms with van der Waals surface area (Å²) < 4.78 is 0.918. The van der Waals surface area contributed by atoms with E-state index in [1.54, 1.807) is 48.2 Å². The minimum absolute atomic E-state index is 0.0124. The van der Waals surface area contributed by atoms with Crippen LogP contribution in [0.4, 0.5) is 10.5 Å². The Hall–Kier alpha value is -2.93. The molecule has 0 bridgehead atoms. The molecule has 0 aliphatic heterocycles. The maximum atomic E-state index is 12.6. The van der Waals surface area contributed by atoms with Crippen molar-refractivity contribution in [1.29, 1.82) is 0 Å². The fourth-order valence-electron chi connectivity index (χ4n) is 2.54. The van der Waals surface area contributed by atoms with E-state index in [0.29, 0.717) is 16.6 Å². The van der Waals surface area contributed by atoms with E-state index in [9.17, 15) is 14.7 Å². The average molecular weight is 341 g/mol. The van der Waals surface area contributed by atoms with Crippen LogP contribution in [0, 0.1) is 0 Å². The summed E-state index contributed by atoms with van der Waals surface area (Å²) in [5, 5.41) is 13.5. The largest absolute Gasteiger partial charge is 0.494 e. The summed E-state index contributed by atoms with van der Waals surface area (Å²) in [6.07, 6.45) is 1.96. The predicted molar refractivity (Wildman–Crippen MR) is 94.8 cm³/mol. The van der Waals surface area contributed by atoms with Gasteiger partial charge in [-0.2, -0.15) is 0 Å². The van der Waals surface area contributed by atoms with Crippen molar-refractivity contribution >= 4 is 40.3 Å². The number of para-hydroxylation sites is 1. The van der Waals surface area contributed by atoms with Crippen molar-refractivity contribution in [2.75, 3.05) is 11.6 Å². The number of carbonyl (C=O) groups is 2. The zero-order valence-corrected chi connectivity index (χ0v) is 13.6. The molecule has 0 saturated carbocycles. The van der Waals surface area contributed by atoms with Gasteiger partial charge in [0.15, 0.2) is 0 Å². The molecule has 0 radical (unpaired) electrons. The third kappa shape index (κ3) is 2.69. The topological polar surface area (TPSA) is 97.3 Å². The van der Waals surface area contributed by atoms with Crippen molar-refractivity contribution in [3.63, 3.8) is 0 Å². The minimum atomic E-state index is -0.855. The van der Waals surface area contributed by atoms with Crippen LogP contribution in [0.5, 0.6) is 5.88 Å². The number of aromatic hydroxyl groups is 1. The number of anilines is 1. The molecule has 2 amide bonds. The summed E-state index contributed by atoms with van der Waals surface area (Å²) in [5.74, 6) is -0.984. The molecule has 0 saturated heterocycles. The van der Waals surface area contributed by atoms with Crippen LogP contribution < -0.4 is 11.1 Å². The van der Waals surface area contributed by atoms with Crippen LogP contribution in [0.15, 0.2) is 53.4 Å². The Morgan fingerprint density at radius 1 is 1.12 bits per heavy atom. The molecule has 0 unspecified atom stereocenters. The number of amides is 2. The zero-order chi connectivity index (χ0) is 17.3. The van der Waals surface area contributed by atoms with Crippen LogP contribution in [0.3, 0.4) is 0 Å². The first-order valence-electron chi connectivity index (χ1n) is 7.10. The molecule has 4 N–H and O–H groups in total. The summed E-state index contributed by atoms with van der Waals surface area (Å²) in [4.78, 5) is 25.3. The number of nitrogens with one attached hydrogen (secondary N) is 1. The van der Waals surface area contributed by atoms with Crippen LogP contribution >= 0.6 is 11.8 Å². The van der Waals surface area contributed by atoms with E-state index in [1.807, 2.05) is 18.4 Å². The van der Waals surface area contributed by atoms with Gasteiger partial charge in [-0.05, 0) is 36.6 Å². The fourth-order valence-corrected chi connectivity index (χ4v) is 2.95. The Kier molecular flexibility index (Phi) is 4.18. The summed E-state index contributed by atoms with van der Waals surface area (Å²) in [7, 11) is 0. The van der Waals surface area contributed by atoms with Gasteiger partial charge in [0, 0.05) is 16.0 Å². The van der Waals surface area contributed by atoms with E-state index in [2.05, 4.69) is 5.32 Å². The van der Waals surface area contributed by atoms with Crippen LogP contribution in [-0.2, 0) is 0 Å². The zero-order valence-electron chi connectivity index (χ0n) is 12.8. The maximum Gasteiger partial charge on any atom is 0.326 e. The molecule has 24 heavy (non-hydrogen) atoms. The lowest BCUT2D eigenvalue weighted by Crippen LogP contribution is -2.19. The molecule has 2 aromatic carbocycles. The molecular weight excluding hydrogens is 326 g/mol. The Morgan fingerprint density at radius 3 is 2.42 bits per heavy atom. The smallest absolute Gasteiger partial charge is 0.326 e. The maximum absolute atomic E-state index is 12.6. The third-order valence-corrected chi connectivity index (χ3v) is 4.39. The van der Waals surface area contributed by atoms with Crippen molar-refractivity contribution in [2.45, 2.75) is 4.90 Å². The number of thioether (sulfide) groups is 1. The van der Waals surface area contributed by atoms with Gasteiger partial charge in [0.25, 0.3) is 5.91 Å². The molecule has 0 spiro atoms. The van der Waals surface area contributed by atoms with Gasteiger partial charge < -0.3 is 16.2 Å². The summed E-state index contributed by atoms with van der Waals surface area (Å²) >= 11 is 1.60. The van der Waals surface area contributed by atoms with Gasteiger partial charge in [-0.3, -0.25) is 4.79 Å². The summed E-state index contributed by atoms with van der Waals surface area (Å²) in [6.45, 7) is 0.